The number of halogens is 3. The Morgan fingerprint density at radius 2 is 1.38 bits per heavy atom. The van der Waals surface area contributed by atoms with Crippen LogP contribution in [0.2, 0.25) is 10.3 Å². The monoisotopic (exact) mass is 673 g/mol. The number of anilines is 3. The van der Waals surface area contributed by atoms with Crippen LogP contribution in [0.4, 0.5) is 17.6 Å². The van der Waals surface area contributed by atoms with Crippen LogP contribution in [-0.4, -0.2) is 61.9 Å². The van der Waals surface area contributed by atoms with E-state index in [-0.39, 0.29) is 5.95 Å². The first-order chi connectivity index (χ1) is 18.1. The minimum absolute atomic E-state index is 0.102. The average molecular weight is 675 g/mol. The van der Waals surface area contributed by atoms with E-state index in [2.05, 4.69) is 51.6 Å². The van der Waals surface area contributed by atoms with Crippen LogP contribution in [0.5, 0.6) is 0 Å². The number of nitrogens with one attached hydrogen (secondary N) is 1. The first-order valence-corrected chi connectivity index (χ1v) is 18.1. The SMILES string of the molecule is C[P+](C)(O)c1ccc(Br)cc1.Cc1nnc(N)nc1Cl.Cc1nnc(Nc2ccc(P(C)(C)=O)cc2)nc1Cl. The molecule has 0 atom stereocenters. The number of benzene rings is 2. The summed E-state index contributed by atoms with van der Waals surface area (Å²) >= 11 is 14.7. The lowest BCUT2D eigenvalue weighted by atomic mass is 10.3. The molecule has 208 valence electrons. The van der Waals surface area contributed by atoms with Gasteiger partial charge in [-0.2, -0.15) is 9.97 Å². The number of aromatic nitrogens is 6. The Kier molecular flexibility index (Phi) is 12.2. The minimum atomic E-state index is -2.23. The van der Waals surface area contributed by atoms with E-state index in [1.54, 1.807) is 27.2 Å². The molecule has 0 bridgehead atoms. The first-order valence-electron chi connectivity index (χ1n) is 11.3. The summed E-state index contributed by atoms with van der Waals surface area (Å²) in [4.78, 5) is 17.4. The second-order valence-corrected chi connectivity index (χ2v) is 17.1. The molecule has 0 radical (unpaired) electrons. The van der Waals surface area contributed by atoms with Crippen LogP contribution in [0, 0.1) is 13.8 Å². The van der Waals surface area contributed by atoms with E-state index in [1.165, 1.54) is 0 Å². The molecule has 0 saturated heterocycles. The van der Waals surface area contributed by atoms with Gasteiger partial charge < -0.3 is 15.6 Å². The van der Waals surface area contributed by atoms with Crippen LogP contribution in [0.15, 0.2) is 53.0 Å². The van der Waals surface area contributed by atoms with Crippen LogP contribution in [-0.2, 0) is 4.57 Å². The summed E-state index contributed by atoms with van der Waals surface area (Å²) in [5.41, 5.74) is 7.12. The average Bonchev–Trinajstić information content (AvgIpc) is 2.84. The Morgan fingerprint density at radius 3 is 1.82 bits per heavy atom. The summed E-state index contributed by atoms with van der Waals surface area (Å²) in [6.45, 7) is 10.7. The van der Waals surface area contributed by atoms with Gasteiger partial charge in [0, 0.05) is 15.5 Å². The molecule has 39 heavy (non-hydrogen) atoms. The maximum absolute atomic E-state index is 11.9. The van der Waals surface area contributed by atoms with Gasteiger partial charge in [0.05, 0.1) is 24.7 Å². The number of nitrogens with zero attached hydrogens (tertiary/aromatic N) is 6. The smallest absolute Gasteiger partial charge is 0.248 e. The number of rotatable bonds is 4. The van der Waals surface area contributed by atoms with E-state index in [0.717, 1.165) is 20.8 Å². The molecule has 0 saturated carbocycles. The predicted octanol–water partition coefficient (Wildman–Crippen LogP) is 5.50. The number of nitrogen functional groups attached to an aromatic ring is 1. The van der Waals surface area contributed by atoms with Gasteiger partial charge in [-0.15, -0.1) is 20.4 Å². The number of nitrogens with two attached hydrogens (primary N) is 1. The van der Waals surface area contributed by atoms with E-state index in [9.17, 15) is 9.46 Å². The van der Waals surface area contributed by atoms with E-state index in [0.29, 0.717) is 27.6 Å². The van der Waals surface area contributed by atoms with Gasteiger partial charge in [-0.1, -0.05) is 39.1 Å². The Morgan fingerprint density at radius 1 is 0.872 bits per heavy atom. The van der Waals surface area contributed by atoms with Crippen molar-refractivity contribution >= 4 is 82.0 Å². The van der Waals surface area contributed by atoms with Gasteiger partial charge in [-0.25, -0.2) is 4.89 Å². The van der Waals surface area contributed by atoms with Gasteiger partial charge in [-0.05, 0) is 75.7 Å². The molecule has 4 N–H and O–H groups in total. The summed E-state index contributed by atoms with van der Waals surface area (Å²) in [5, 5.41) is 20.3. The van der Waals surface area contributed by atoms with Crippen molar-refractivity contribution in [1.82, 2.24) is 30.4 Å². The molecule has 0 amide bonds. The third kappa shape index (κ3) is 11.4. The lowest BCUT2D eigenvalue weighted by Crippen LogP contribution is -2.06. The van der Waals surface area contributed by atoms with Crippen molar-refractivity contribution < 1.29 is 9.46 Å². The molecule has 2 aromatic heterocycles. The minimum Gasteiger partial charge on any atom is -0.366 e. The molecule has 0 aliphatic carbocycles. The fourth-order valence-electron chi connectivity index (χ4n) is 2.62. The normalized spacial score (nSPS) is 11.0. The maximum atomic E-state index is 11.9. The van der Waals surface area contributed by atoms with Crippen molar-refractivity contribution in [3.8, 4) is 0 Å². The molecule has 10 nitrogen and oxygen atoms in total. The molecule has 4 rings (SSSR count). The van der Waals surface area contributed by atoms with E-state index in [1.807, 2.05) is 61.9 Å². The summed E-state index contributed by atoms with van der Waals surface area (Å²) in [5.74, 6) is 0.435. The zero-order chi connectivity index (χ0) is 29.4. The van der Waals surface area contributed by atoms with Gasteiger partial charge in [0.2, 0.25) is 11.9 Å². The quantitative estimate of drug-likeness (QED) is 0.237. The van der Waals surface area contributed by atoms with E-state index in [4.69, 9.17) is 28.9 Å². The van der Waals surface area contributed by atoms with Crippen LogP contribution in [0.3, 0.4) is 0 Å². The lowest BCUT2D eigenvalue weighted by molar-refractivity contribution is 0.588. The summed E-state index contributed by atoms with van der Waals surface area (Å²) in [6.07, 6.45) is 0. The zero-order valence-corrected chi connectivity index (χ0v) is 27.1. The highest BCUT2D eigenvalue weighted by atomic mass is 79.9. The topological polar surface area (TPSA) is 153 Å². The van der Waals surface area contributed by atoms with Crippen LogP contribution >= 0.6 is 53.8 Å². The van der Waals surface area contributed by atoms with Gasteiger partial charge in [0.15, 0.2) is 17.8 Å². The van der Waals surface area contributed by atoms with Crippen molar-refractivity contribution in [3.63, 3.8) is 0 Å². The van der Waals surface area contributed by atoms with Crippen LogP contribution in [0.1, 0.15) is 11.4 Å². The summed E-state index contributed by atoms with van der Waals surface area (Å²) in [7, 11) is -4.04. The van der Waals surface area contributed by atoms with Gasteiger partial charge >= 0.3 is 0 Å². The van der Waals surface area contributed by atoms with Crippen molar-refractivity contribution in [2.45, 2.75) is 13.8 Å². The zero-order valence-electron chi connectivity index (χ0n) is 22.3. The van der Waals surface area contributed by atoms with Crippen LogP contribution < -0.4 is 21.7 Å². The van der Waals surface area contributed by atoms with Crippen molar-refractivity contribution in [2.75, 3.05) is 37.7 Å². The molecular formula is C24H30BrCl2N8O2P2+. The molecule has 2 aromatic carbocycles. The second-order valence-electron chi connectivity index (χ2n) is 8.95. The van der Waals surface area contributed by atoms with Gasteiger partial charge in [0.1, 0.15) is 12.4 Å². The number of hydrogen-bond donors (Lipinski definition) is 3. The van der Waals surface area contributed by atoms with E-state index < -0.39 is 14.6 Å². The van der Waals surface area contributed by atoms with Crippen molar-refractivity contribution in [3.05, 3.63) is 74.7 Å². The van der Waals surface area contributed by atoms with E-state index >= 15 is 0 Å². The molecule has 2 heterocycles. The number of aryl methyl sites for hydroxylation is 2. The summed E-state index contributed by atoms with van der Waals surface area (Å²) < 4.78 is 12.9. The first kappa shape index (κ1) is 32.9. The molecule has 0 spiro atoms. The molecule has 15 heteroatoms. The summed E-state index contributed by atoms with van der Waals surface area (Å²) in [6, 6.07) is 15.1. The Balaban J connectivity index is 0.000000226. The largest absolute Gasteiger partial charge is 0.366 e. The predicted molar refractivity (Wildman–Crippen MR) is 167 cm³/mol. The second kappa shape index (κ2) is 14.4. The van der Waals surface area contributed by atoms with Gasteiger partial charge in [0.25, 0.3) is 0 Å². The van der Waals surface area contributed by atoms with Crippen molar-refractivity contribution in [1.29, 1.82) is 0 Å². The Labute approximate surface area is 247 Å². The highest BCUT2D eigenvalue weighted by Gasteiger charge is 2.24. The van der Waals surface area contributed by atoms with Crippen LogP contribution in [0.25, 0.3) is 0 Å². The Bertz CT molecular complexity index is 1430. The fraction of sp³-hybridized carbons (Fsp3) is 0.250. The van der Waals surface area contributed by atoms with Crippen molar-refractivity contribution in [2.24, 2.45) is 0 Å². The highest BCUT2D eigenvalue weighted by molar-refractivity contribution is 9.10. The third-order valence-corrected chi connectivity index (χ3v) is 9.16. The number of hydrogen-bond acceptors (Lipinski definition) is 10. The lowest BCUT2D eigenvalue weighted by Gasteiger charge is -2.09. The molecule has 0 fully saturated rings. The Hall–Kier alpha value is -2.26. The third-order valence-electron chi connectivity index (χ3n) is 4.81. The maximum Gasteiger partial charge on any atom is 0.248 e. The fourth-order valence-corrected chi connectivity index (χ4v) is 4.88. The molecule has 4 aromatic rings. The molecular weight excluding hydrogens is 645 g/mol. The molecule has 0 aliphatic rings. The molecule has 0 aliphatic heterocycles. The molecule has 0 unspecified atom stereocenters. The highest BCUT2D eigenvalue weighted by Crippen LogP contribution is 2.44. The standard InChI is InChI=1S/C12H14ClN4OP.C8H11BrOP.C4H5ClN4/c1-8-11(13)15-12(17-16-8)14-9-4-6-10(7-5-9)19(2,3)18;1-11(2,10)8-5-3-7(9)4-6-8;1-2-3(5)7-4(6)9-8-2/h4-7H,1-3H3,(H,14,15,17);3-6,10H,1-2H3;1H3,(H2,6,7,9)/q;+1;. The van der Waals surface area contributed by atoms with Gasteiger partial charge in [-0.3, -0.25) is 0 Å².